The van der Waals surface area contributed by atoms with Gasteiger partial charge in [-0.1, -0.05) is 84.0 Å². The minimum absolute atomic E-state index is 0.0246. The summed E-state index contributed by atoms with van der Waals surface area (Å²) in [7, 11) is 1.34. The van der Waals surface area contributed by atoms with E-state index in [0.29, 0.717) is 5.56 Å². The Hall–Kier alpha value is -1.84. The van der Waals surface area contributed by atoms with Crippen LogP contribution < -0.4 is 5.32 Å². The molecule has 0 heterocycles. The van der Waals surface area contributed by atoms with Gasteiger partial charge < -0.3 is 10.1 Å². The monoisotopic (exact) mass is 417 g/mol. The van der Waals surface area contributed by atoms with Crippen LogP contribution in [0, 0.1) is 0 Å². The van der Waals surface area contributed by atoms with Crippen LogP contribution in [-0.4, -0.2) is 25.4 Å². The van der Waals surface area contributed by atoms with Crippen molar-refractivity contribution in [1.82, 2.24) is 0 Å². The Labute approximate surface area is 184 Å². The molecule has 0 aliphatic rings. The van der Waals surface area contributed by atoms with Gasteiger partial charge in [-0.05, 0) is 30.7 Å². The van der Waals surface area contributed by atoms with Crippen molar-refractivity contribution in [2.24, 2.45) is 0 Å². The summed E-state index contributed by atoms with van der Waals surface area (Å²) in [4.78, 5) is 23.2. The summed E-state index contributed by atoms with van der Waals surface area (Å²) in [6.07, 6.45) is 18.1. The van der Waals surface area contributed by atoms with E-state index in [0.717, 1.165) is 12.2 Å². The number of anilines is 1. The van der Waals surface area contributed by atoms with E-state index in [1.165, 1.54) is 90.6 Å². The Morgan fingerprint density at radius 2 is 1.23 bits per heavy atom. The van der Waals surface area contributed by atoms with Crippen LogP contribution >= 0.6 is 0 Å². The molecule has 0 aromatic heterocycles. The van der Waals surface area contributed by atoms with E-state index in [1.54, 1.807) is 0 Å². The molecular weight excluding hydrogens is 374 g/mol. The van der Waals surface area contributed by atoms with Crippen LogP contribution in [0.1, 0.15) is 114 Å². The molecule has 0 amide bonds. The third-order valence-electron chi connectivity index (χ3n) is 5.60. The zero-order valence-electron chi connectivity index (χ0n) is 19.3. The van der Waals surface area contributed by atoms with Crippen molar-refractivity contribution in [3.8, 4) is 0 Å². The highest BCUT2D eigenvalue weighted by molar-refractivity contribution is 5.97. The lowest BCUT2D eigenvalue weighted by atomic mass is 10.0. The van der Waals surface area contributed by atoms with Crippen LogP contribution in [0.15, 0.2) is 24.3 Å². The second kappa shape index (κ2) is 18.0. The fourth-order valence-corrected chi connectivity index (χ4v) is 3.61. The van der Waals surface area contributed by atoms with Gasteiger partial charge in [0, 0.05) is 24.2 Å². The Balaban J connectivity index is 1.98. The summed E-state index contributed by atoms with van der Waals surface area (Å²) in [5.41, 5.74) is 1.68. The topological polar surface area (TPSA) is 55.4 Å². The number of unbranched alkanes of at least 4 members (excludes halogenated alkanes) is 12. The number of benzene rings is 1. The normalized spacial score (nSPS) is 10.7. The van der Waals surface area contributed by atoms with Gasteiger partial charge in [-0.3, -0.25) is 9.59 Å². The number of carbonyl (C=O) groups excluding carboxylic acids is 2. The first-order valence-electron chi connectivity index (χ1n) is 12.1. The van der Waals surface area contributed by atoms with E-state index in [9.17, 15) is 9.59 Å². The van der Waals surface area contributed by atoms with E-state index in [4.69, 9.17) is 0 Å². The lowest BCUT2D eigenvalue weighted by Gasteiger charge is -2.07. The Morgan fingerprint density at radius 3 is 1.73 bits per heavy atom. The Morgan fingerprint density at radius 1 is 0.733 bits per heavy atom. The molecule has 1 rings (SSSR count). The minimum atomic E-state index is -0.348. The molecule has 0 unspecified atom stereocenters. The average Bonchev–Trinajstić information content (AvgIpc) is 2.77. The van der Waals surface area contributed by atoms with Crippen molar-refractivity contribution in [2.75, 3.05) is 19.0 Å². The maximum Gasteiger partial charge on any atom is 0.305 e. The number of rotatable bonds is 19. The third kappa shape index (κ3) is 13.4. The van der Waals surface area contributed by atoms with Crippen LogP contribution in [0.25, 0.3) is 0 Å². The standard InChI is InChI=1S/C26H43NO3/c1-3-4-5-6-7-8-9-10-11-12-13-14-15-22-27-24-18-16-23(17-19-24)25(28)20-21-26(29)30-2/h16-19,27H,3-15,20-22H2,1-2H3. The molecule has 4 nitrogen and oxygen atoms in total. The molecular formula is C26H43NO3. The molecule has 0 aliphatic carbocycles. The van der Waals surface area contributed by atoms with Crippen LogP contribution in [0.3, 0.4) is 0 Å². The van der Waals surface area contributed by atoms with E-state index in [1.807, 2.05) is 24.3 Å². The molecule has 30 heavy (non-hydrogen) atoms. The second-order valence-electron chi connectivity index (χ2n) is 8.25. The molecule has 0 radical (unpaired) electrons. The summed E-state index contributed by atoms with van der Waals surface area (Å²) >= 11 is 0. The number of hydrogen-bond donors (Lipinski definition) is 1. The highest BCUT2D eigenvalue weighted by Crippen LogP contribution is 2.14. The number of nitrogens with one attached hydrogen (secondary N) is 1. The van der Waals surface area contributed by atoms with Crippen molar-refractivity contribution in [3.63, 3.8) is 0 Å². The van der Waals surface area contributed by atoms with Crippen molar-refractivity contribution in [3.05, 3.63) is 29.8 Å². The molecule has 0 bridgehead atoms. The highest BCUT2D eigenvalue weighted by atomic mass is 16.5. The molecule has 1 N–H and O–H groups in total. The van der Waals surface area contributed by atoms with Gasteiger partial charge in [-0.2, -0.15) is 0 Å². The maximum atomic E-state index is 12.0. The van der Waals surface area contributed by atoms with Crippen molar-refractivity contribution in [1.29, 1.82) is 0 Å². The molecule has 0 spiro atoms. The lowest BCUT2D eigenvalue weighted by molar-refractivity contribution is -0.140. The van der Waals surface area contributed by atoms with Gasteiger partial charge in [0.1, 0.15) is 0 Å². The van der Waals surface area contributed by atoms with E-state index in [-0.39, 0.29) is 24.6 Å². The molecule has 1 aromatic rings. The Kier molecular flexibility index (Phi) is 15.7. The van der Waals surface area contributed by atoms with Gasteiger partial charge in [0.15, 0.2) is 5.78 Å². The van der Waals surface area contributed by atoms with Crippen LogP contribution in [0.4, 0.5) is 5.69 Å². The summed E-state index contributed by atoms with van der Waals surface area (Å²) in [5, 5.41) is 3.42. The number of methoxy groups -OCH3 is 1. The maximum absolute atomic E-state index is 12.0. The third-order valence-corrected chi connectivity index (χ3v) is 5.60. The van der Waals surface area contributed by atoms with Gasteiger partial charge in [0.2, 0.25) is 0 Å². The summed E-state index contributed by atoms with van der Waals surface area (Å²) in [5.74, 6) is -0.372. The second-order valence-corrected chi connectivity index (χ2v) is 8.25. The molecule has 0 atom stereocenters. The zero-order chi connectivity index (χ0) is 21.9. The molecule has 0 saturated heterocycles. The molecule has 0 aliphatic heterocycles. The van der Waals surface area contributed by atoms with Gasteiger partial charge in [0.25, 0.3) is 0 Å². The number of ketones is 1. The first-order chi connectivity index (χ1) is 14.7. The van der Waals surface area contributed by atoms with Gasteiger partial charge in [0.05, 0.1) is 13.5 Å². The Bertz CT molecular complexity index is 568. The number of carbonyl (C=O) groups is 2. The van der Waals surface area contributed by atoms with E-state index in [2.05, 4.69) is 17.0 Å². The number of esters is 1. The van der Waals surface area contributed by atoms with E-state index >= 15 is 0 Å². The molecule has 0 fully saturated rings. The molecule has 1 aromatic carbocycles. The van der Waals surface area contributed by atoms with E-state index < -0.39 is 0 Å². The number of Topliss-reactive ketones (excluding diaryl/α,β-unsaturated/α-hetero) is 1. The van der Waals surface area contributed by atoms with Crippen molar-refractivity contribution < 1.29 is 14.3 Å². The first-order valence-corrected chi connectivity index (χ1v) is 12.1. The van der Waals surface area contributed by atoms with Crippen LogP contribution in [0.2, 0.25) is 0 Å². The smallest absolute Gasteiger partial charge is 0.305 e. The lowest BCUT2D eigenvalue weighted by Crippen LogP contribution is -2.06. The van der Waals surface area contributed by atoms with Crippen LogP contribution in [0.5, 0.6) is 0 Å². The molecule has 170 valence electrons. The van der Waals surface area contributed by atoms with Crippen molar-refractivity contribution >= 4 is 17.4 Å². The van der Waals surface area contributed by atoms with Gasteiger partial charge >= 0.3 is 5.97 Å². The number of hydrogen-bond acceptors (Lipinski definition) is 4. The van der Waals surface area contributed by atoms with Crippen LogP contribution in [-0.2, 0) is 9.53 Å². The zero-order valence-corrected chi connectivity index (χ0v) is 19.3. The minimum Gasteiger partial charge on any atom is -0.469 e. The fourth-order valence-electron chi connectivity index (χ4n) is 3.61. The summed E-state index contributed by atoms with van der Waals surface area (Å²) < 4.78 is 4.57. The first kappa shape index (κ1) is 26.2. The quantitative estimate of drug-likeness (QED) is 0.145. The SMILES string of the molecule is CCCCCCCCCCCCCCCNc1ccc(C(=O)CCC(=O)OC)cc1. The highest BCUT2D eigenvalue weighted by Gasteiger charge is 2.09. The predicted molar refractivity (Wildman–Crippen MR) is 126 cm³/mol. The largest absolute Gasteiger partial charge is 0.469 e. The summed E-state index contributed by atoms with van der Waals surface area (Å²) in [6.45, 7) is 3.24. The molecule has 0 saturated carbocycles. The number of ether oxygens (including phenoxy) is 1. The average molecular weight is 418 g/mol. The fraction of sp³-hybridized carbons (Fsp3) is 0.692. The van der Waals surface area contributed by atoms with Gasteiger partial charge in [-0.15, -0.1) is 0 Å². The van der Waals surface area contributed by atoms with Gasteiger partial charge in [-0.25, -0.2) is 0 Å². The molecule has 4 heteroatoms. The predicted octanol–water partition coefficient (Wildman–Crippen LogP) is 7.33. The van der Waals surface area contributed by atoms with Crippen molar-refractivity contribution in [2.45, 2.75) is 103 Å². The summed E-state index contributed by atoms with van der Waals surface area (Å²) in [6, 6.07) is 7.53.